The summed E-state index contributed by atoms with van der Waals surface area (Å²) in [5.74, 6) is 0.611. The third-order valence-electron chi connectivity index (χ3n) is 3.32. The highest BCUT2D eigenvalue weighted by Gasteiger charge is 2.07. The molecule has 2 aromatic carbocycles. The summed E-state index contributed by atoms with van der Waals surface area (Å²) in [7, 11) is 0. The second-order valence-electron chi connectivity index (χ2n) is 5.11. The Kier molecular flexibility index (Phi) is 5.56. The van der Waals surface area contributed by atoms with Crippen molar-refractivity contribution in [3.8, 4) is 0 Å². The van der Waals surface area contributed by atoms with E-state index in [0.717, 1.165) is 11.1 Å². The molecule has 0 unspecified atom stereocenters. The quantitative estimate of drug-likeness (QED) is 0.671. The summed E-state index contributed by atoms with van der Waals surface area (Å²) in [6.07, 6.45) is 0.459. The Morgan fingerprint density at radius 1 is 0.958 bits per heavy atom. The van der Waals surface area contributed by atoms with Crippen LogP contribution in [-0.2, 0) is 12.2 Å². The van der Waals surface area contributed by atoms with Crippen LogP contribution in [0, 0.1) is 0 Å². The van der Waals surface area contributed by atoms with Crippen LogP contribution in [0.3, 0.4) is 0 Å². The van der Waals surface area contributed by atoms with E-state index in [0.29, 0.717) is 33.1 Å². The molecule has 3 rings (SSSR count). The van der Waals surface area contributed by atoms with Gasteiger partial charge in [0.1, 0.15) is 5.69 Å². The van der Waals surface area contributed by atoms with Gasteiger partial charge in [0.25, 0.3) is 5.56 Å². The Balaban J connectivity index is 1.68. The minimum atomic E-state index is -0.217. The lowest BCUT2D eigenvalue weighted by Gasteiger charge is -2.04. The van der Waals surface area contributed by atoms with Gasteiger partial charge in [0.15, 0.2) is 5.16 Å². The number of thioether (sulfide) groups is 1. The molecule has 3 aromatic rings. The molecule has 0 aliphatic rings. The fourth-order valence-electron chi connectivity index (χ4n) is 2.10. The Morgan fingerprint density at radius 2 is 1.75 bits per heavy atom. The molecule has 0 fully saturated rings. The highest BCUT2D eigenvalue weighted by atomic mass is 35.5. The van der Waals surface area contributed by atoms with Gasteiger partial charge in [0.2, 0.25) is 0 Å². The van der Waals surface area contributed by atoms with Crippen LogP contribution in [0.4, 0.5) is 0 Å². The number of aromatic nitrogens is 3. The summed E-state index contributed by atoms with van der Waals surface area (Å²) in [4.78, 5) is 14.9. The first-order chi connectivity index (χ1) is 11.6. The summed E-state index contributed by atoms with van der Waals surface area (Å²) < 4.78 is 0. The van der Waals surface area contributed by atoms with Crippen LogP contribution < -0.4 is 5.56 Å². The molecule has 24 heavy (non-hydrogen) atoms. The number of nitrogens with one attached hydrogen (secondary N) is 1. The van der Waals surface area contributed by atoms with E-state index < -0.39 is 0 Å². The number of H-pyrrole nitrogens is 1. The lowest BCUT2D eigenvalue weighted by molar-refractivity contribution is 0.772. The molecule has 1 heterocycles. The smallest absolute Gasteiger partial charge is 0.273 e. The van der Waals surface area contributed by atoms with E-state index in [1.165, 1.54) is 11.8 Å². The monoisotopic (exact) mass is 377 g/mol. The molecule has 0 atom stereocenters. The minimum Gasteiger partial charge on any atom is -0.298 e. The molecule has 0 bridgehead atoms. The van der Waals surface area contributed by atoms with E-state index in [9.17, 15) is 4.79 Å². The maximum absolute atomic E-state index is 12.1. The van der Waals surface area contributed by atoms with Gasteiger partial charge < -0.3 is 0 Å². The van der Waals surface area contributed by atoms with E-state index in [-0.39, 0.29) is 5.56 Å². The van der Waals surface area contributed by atoms with E-state index in [2.05, 4.69) is 15.2 Å². The molecular formula is C17H13Cl2N3OS. The van der Waals surface area contributed by atoms with Gasteiger partial charge in [0, 0.05) is 12.2 Å². The van der Waals surface area contributed by atoms with Crippen molar-refractivity contribution in [1.82, 2.24) is 15.2 Å². The molecule has 122 valence electrons. The van der Waals surface area contributed by atoms with E-state index in [1.54, 1.807) is 12.1 Å². The predicted molar refractivity (Wildman–Crippen MR) is 97.9 cm³/mol. The zero-order chi connectivity index (χ0) is 16.9. The van der Waals surface area contributed by atoms with Crippen molar-refractivity contribution in [3.63, 3.8) is 0 Å². The molecule has 0 radical (unpaired) electrons. The molecule has 7 heteroatoms. The zero-order valence-corrected chi connectivity index (χ0v) is 14.8. The molecule has 0 aliphatic carbocycles. The van der Waals surface area contributed by atoms with Crippen molar-refractivity contribution in [3.05, 3.63) is 85.8 Å². The van der Waals surface area contributed by atoms with Gasteiger partial charge in [-0.05, 0) is 23.3 Å². The van der Waals surface area contributed by atoms with Gasteiger partial charge in [-0.2, -0.15) is 0 Å². The third-order valence-corrected chi connectivity index (χ3v) is 4.99. The molecule has 1 N–H and O–H groups in total. The van der Waals surface area contributed by atoms with Gasteiger partial charge in [-0.3, -0.25) is 9.78 Å². The average Bonchev–Trinajstić information content (AvgIpc) is 2.59. The lowest BCUT2D eigenvalue weighted by atomic mass is 10.1. The van der Waals surface area contributed by atoms with Crippen LogP contribution in [0.25, 0.3) is 0 Å². The predicted octanol–water partition coefficient (Wildman–Crippen LogP) is 4.35. The molecule has 0 aliphatic heterocycles. The SMILES string of the molecule is O=c1[nH]c(SCc2ccc(Cl)c(Cl)c2)nnc1Cc1ccccc1. The van der Waals surface area contributed by atoms with Crippen molar-refractivity contribution in [2.24, 2.45) is 0 Å². The van der Waals surface area contributed by atoms with Crippen molar-refractivity contribution >= 4 is 35.0 Å². The highest BCUT2D eigenvalue weighted by molar-refractivity contribution is 7.98. The number of hydrogen-bond acceptors (Lipinski definition) is 4. The average molecular weight is 378 g/mol. The first-order valence-corrected chi connectivity index (χ1v) is 8.92. The summed E-state index contributed by atoms with van der Waals surface area (Å²) in [6.45, 7) is 0. The summed E-state index contributed by atoms with van der Waals surface area (Å²) in [5.41, 5.74) is 2.20. The number of halogens is 2. The van der Waals surface area contributed by atoms with Gasteiger partial charge in [0.05, 0.1) is 10.0 Å². The maximum Gasteiger partial charge on any atom is 0.273 e. The van der Waals surface area contributed by atoms with E-state index >= 15 is 0 Å². The number of benzene rings is 2. The highest BCUT2D eigenvalue weighted by Crippen LogP contribution is 2.25. The first kappa shape index (κ1) is 17.0. The summed E-state index contributed by atoms with van der Waals surface area (Å²) >= 11 is 13.3. The fourth-order valence-corrected chi connectivity index (χ4v) is 3.16. The molecule has 0 amide bonds. The molecular weight excluding hydrogens is 365 g/mol. The first-order valence-electron chi connectivity index (χ1n) is 7.18. The van der Waals surface area contributed by atoms with E-state index in [1.807, 2.05) is 36.4 Å². The van der Waals surface area contributed by atoms with Crippen molar-refractivity contribution in [2.45, 2.75) is 17.3 Å². The number of nitrogens with zero attached hydrogens (tertiary/aromatic N) is 2. The second-order valence-corrected chi connectivity index (χ2v) is 6.88. The van der Waals surface area contributed by atoms with Crippen LogP contribution in [0.1, 0.15) is 16.8 Å². The third kappa shape index (κ3) is 4.38. The zero-order valence-electron chi connectivity index (χ0n) is 12.5. The Bertz CT molecular complexity index is 900. The minimum absolute atomic E-state index is 0.217. The van der Waals surface area contributed by atoms with Gasteiger partial charge >= 0.3 is 0 Å². The van der Waals surface area contributed by atoms with Crippen molar-refractivity contribution in [1.29, 1.82) is 0 Å². The molecule has 1 aromatic heterocycles. The van der Waals surface area contributed by atoms with Crippen LogP contribution in [0.2, 0.25) is 10.0 Å². The van der Waals surface area contributed by atoms with Gasteiger partial charge in [-0.15, -0.1) is 10.2 Å². The van der Waals surface area contributed by atoms with Crippen LogP contribution in [0.5, 0.6) is 0 Å². The Morgan fingerprint density at radius 3 is 2.46 bits per heavy atom. The van der Waals surface area contributed by atoms with Gasteiger partial charge in [-0.1, -0.05) is 71.4 Å². The fraction of sp³-hybridized carbons (Fsp3) is 0.118. The van der Waals surface area contributed by atoms with Crippen LogP contribution >= 0.6 is 35.0 Å². The van der Waals surface area contributed by atoms with Crippen molar-refractivity contribution in [2.75, 3.05) is 0 Å². The Hall–Kier alpha value is -1.82. The summed E-state index contributed by atoms with van der Waals surface area (Å²) in [5, 5.41) is 9.64. The van der Waals surface area contributed by atoms with Gasteiger partial charge in [-0.25, -0.2) is 0 Å². The number of aromatic amines is 1. The molecule has 0 spiro atoms. The summed E-state index contributed by atoms with van der Waals surface area (Å²) in [6, 6.07) is 15.1. The maximum atomic E-state index is 12.1. The van der Waals surface area contributed by atoms with Crippen LogP contribution in [-0.4, -0.2) is 15.2 Å². The van der Waals surface area contributed by atoms with E-state index in [4.69, 9.17) is 23.2 Å². The second kappa shape index (κ2) is 7.83. The normalized spacial score (nSPS) is 10.8. The number of rotatable bonds is 5. The van der Waals surface area contributed by atoms with Crippen molar-refractivity contribution < 1.29 is 0 Å². The Labute approximate surface area is 153 Å². The largest absolute Gasteiger partial charge is 0.298 e. The topological polar surface area (TPSA) is 58.6 Å². The number of hydrogen-bond donors (Lipinski definition) is 1. The standard InChI is InChI=1S/C17H13Cl2N3OS/c18-13-7-6-12(8-14(13)19)10-24-17-20-16(23)15(21-22-17)9-11-4-2-1-3-5-11/h1-8H,9-10H2,(H,20,22,23). The van der Waals surface area contributed by atoms with Crippen LogP contribution in [0.15, 0.2) is 58.5 Å². The molecule has 0 saturated carbocycles. The molecule has 0 saturated heterocycles. The lowest BCUT2D eigenvalue weighted by Crippen LogP contribution is -2.17. The molecule has 4 nitrogen and oxygen atoms in total.